The number of nitrogens with zero attached hydrogens (tertiary/aromatic N) is 1. The minimum atomic E-state index is -1.54. The first-order valence-electron chi connectivity index (χ1n) is 11.7. The Hall–Kier alpha value is -2.94. The fraction of sp³-hybridized carbons (Fsp3) is 0.600. The lowest BCUT2D eigenvalue weighted by Crippen LogP contribution is -2.56. The van der Waals surface area contributed by atoms with Crippen molar-refractivity contribution in [2.24, 2.45) is 5.92 Å². The van der Waals surface area contributed by atoms with Gasteiger partial charge in [-0.3, -0.25) is 14.4 Å². The van der Waals surface area contributed by atoms with E-state index in [0.29, 0.717) is 6.42 Å². The maximum atomic E-state index is 13.1. The largest absolute Gasteiger partial charge is 0.458 e. The molecule has 186 valence electrons. The van der Waals surface area contributed by atoms with Gasteiger partial charge in [0.15, 0.2) is 5.78 Å². The van der Waals surface area contributed by atoms with Crippen LogP contribution in [0.15, 0.2) is 30.3 Å². The molecule has 3 rings (SSSR count). The molecule has 1 aliphatic carbocycles. The first-order chi connectivity index (χ1) is 16.0. The number of Topliss-reactive ketones (excluding diaryl/α,β-unsaturated/α-hetero) is 1. The van der Waals surface area contributed by atoms with E-state index in [2.05, 4.69) is 5.32 Å². The lowest BCUT2D eigenvalue weighted by atomic mass is 9.85. The van der Waals surface area contributed by atoms with Crippen molar-refractivity contribution in [3.05, 3.63) is 35.9 Å². The number of ether oxygens (including phenoxy) is 2. The normalized spacial score (nSPS) is 21.9. The summed E-state index contributed by atoms with van der Waals surface area (Å²) in [6, 6.07) is 7.50. The van der Waals surface area contributed by atoms with Crippen molar-refractivity contribution in [1.29, 1.82) is 0 Å². The number of hydrogen-bond acceptors (Lipinski definition) is 7. The lowest BCUT2D eigenvalue weighted by Gasteiger charge is -2.35. The van der Waals surface area contributed by atoms with E-state index >= 15 is 0 Å². The molecule has 2 fully saturated rings. The second-order valence-electron chi connectivity index (χ2n) is 9.89. The second-order valence-corrected chi connectivity index (χ2v) is 9.89. The number of ketones is 1. The standard InChI is InChI=1S/C25H34N2O7/c1-16(28)21(26-24(31)32-15-17-10-6-5-7-11-17)22(23(30)33-25(2,3)4)34-27-19-13-9-8-12-18(19)14-20(27)29/h5-7,10-11,18-19,21-22H,8-9,12-15H2,1-4H3,(H,26,31)/t18?,19?,21?,22-/m0/s1. The second kappa shape index (κ2) is 11.0. The number of amides is 2. The predicted molar refractivity (Wildman–Crippen MR) is 122 cm³/mol. The third-order valence-corrected chi connectivity index (χ3v) is 5.95. The minimum Gasteiger partial charge on any atom is -0.458 e. The van der Waals surface area contributed by atoms with Gasteiger partial charge in [0.25, 0.3) is 0 Å². The molecule has 1 saturated heterocycles. The highest BCUT2D eigenvalue weighted by molar-refractivity contribution is 5.92. The van der Waals surface area contributed by atoms with Crippen molar-refractivity contribution < 1.29 is 33.5 Å². The van der Waals surface area contributed by atoms with Crippen molar-refractivity contribution in [3.63, 3.8) is 0 Å². The summed E-state index contributed by atoms with van der Waals surface area (Å²) < 4.78 is 10.7. The average Bonchev–Trinajstić information content (AvgIpc) is 3.08. The van der Waals surface area contributed by atoms with Gasteiger partial charge in [-0.05, 0) is 52.0 Å². The number of esters is 1. The third kappa shape index (κ3) is 6.79. The Bertz CT molecular complexity index is 896. The zero-order valence-corrected chi connectivity index (χ0v) is 20.2. The number of hydrogen-bond donors (Lipinski definition) is 1. The van der Waals surface area contributed by atoms with Gasteiger partial charge in [0.2, 0.25) is 12.0 Å². The van der Waals surface area contributed by atoms with Crippen LogP contribution in [-0.2, 0) is 35.3 Å². The summed E-state index contributed by atoms with van der Waals surface area (Å²) in [5.41, 5.74) is -0.0982. The number of fused-ring (bicyclic) bond motifs is 1. The van der Waals surface area contributed by atoms with E-state index in [0.717, 1.165) is 31.2 Å². The Labute approximate surface area is 200 Å². The monoisotopic (exact) mass is 474 g/mol. The quantitative estimate of drug-likeness (QED) is 0.576. The van der Waals surface area contributed by atoms with Gasteiger partial charge in [-0.1, -0.05) is 43.2 Å². The maximum Gasteiger partial charge on any atom is 0.408 e. The van der Waals surface area contributed by atoms with Crippen molar-refractivity contribution in [2.45, 2.75) is 90.2 Å². The topological polar surface area (TPSA) is 111 Å². The van der Waals surface area contributed by atoms with Gasteiger partial charge in [0.1, 0.15) is 18.2 Å². The van der Waals surface area contributed by atoms with Crippen molar-refractivity contribution in [3.8, 4) is 0 Å². The summed E-state index contributed by atoms with van der Waals surface area (Å²) in [5.74, 6) is -1.46. The highest BCUT2D eigenvalue weighted by Gasteiger charge is 2.47. The van der Waals surface area contributed by atoms with E-state index in [9.17, 15) is 19.2 Å². The molecular formula is C25H34N2O7. The van der Waals surface area contributed by atoms with E-state index in [1.54, 1.807) is 32.9 Å². The first kappa shape index (κ1) is 25.7. The Balaban J connectivity index is 1.77. The fourth-order valence-corrected chi connectivity index (χ4v) is 4.38. The molecule has 3 unspecified atom stereocenters. The van der Waals surface area contributed by atoms with Crippen LogP contribution in [0.2, 0.25) is 0 Å². The van der Waals surface area contributed by atoms with E-state index < -0.39 is 35.6 Å². The van der Waals surface area contributed by atoms with Crippen LogP contribution < -0.4 is 5.32 Å². The Kier molecular flexibility index (Phi) is 8.30. The summed E-state index contributed by atoms with van der Waals surface area (Å²) in [6.45, 7) is 6.28. The van der Waals surface area contributed by atoms with Gasteiger partial charge in [-0.25, -0.2) is 14.7 Å². The molecule has 2 aliphatic rings. The van der Waals surface area contributed by atoms with E-state index in [1.165, 1.54) is 12.0 Å². The molecule has 0 aromatic heterocycles. The molecule has 1 aromatic rings. The maximum absolute atomic E-state index is 13.1. The van der Waals surface area contributed by atoms with Gasteiger partial charge >= 0.3 is 12.1 Å². The summed E-state index contributed by atoms with van der Waals surface area (Å²) in [6.07, 6.45) is 1.58. The number of carbonyl (C=O) groups is 4. The highest BCUT2D eigenvalue weighted by Crippen LogP contribution is 2.37. The van der Waals surface area contributed by atoms with Crippen LogP contribution in [0.5, 0.6) is 0 Å². The summed E-state index contributed by atoms with van der Waals surface area (Å²) in [7, 11) is 0. The SMILES string of the molecule is CC(=O)C(NC(=O)OCc1ccccc1)[C@H](ON1C(=O)CC2CCCCC21)C(=O)OC(C)(C)C. The van der Waals surface area contributed by atoms with E-state index in [1.807, 2.05) is 18.2 Å². The van der Waals surface area contributed by atoms with Crippen LogP contribution in [0.25, 0.3) is 0 Å². The van der Waals surface area contributed by atoms with Crippen LogP contribution in [-0.4, -0.2) is 52.6 Å². The zero-order valence-electron chi connectivity index (χ0n) is 20.2. The number of hydroxylamine groups is 2. The lowest BCUT2D eigenvalue weighted by molar-refractivity contribution is -0.230. The van der Waals surface area contributed by atoms with Crippen LogP contribution in [0.4, 0.5) is 4.79 Å². The number of nitrogens with one attached hydrogen (secondary N) is 1. The van der Waals surface area contributed by atoms with Crippen molar-refractivity contribution in [2.75, 3.05) is 0 Å². The Morgan fingerprint density at radius 1 is 1.12 bits per heavy atom. The van der Waals surface area contributed by atoms with Crippen LogP contribution in [0.3, 0.4) is 0 Å². The third-order valence-electron chi connectivity index (χ3n) is 5.95. The Morgan fingerprint density at radius 2 is 1.79 bits per heavy atom. The van der Waals surface area contributed by atoms with Gasteiger partial charge in [-0.15, -0.1) is 0 Å². The molecule has 9 heteroatoms. The van der Waals surface area contributed by atoms with E-state index in [-0.39, 0.29) is 24.5 Å². The molecule has 9 nitrogen and oxygen atoms in total. The molecule has 1 heterocycles. The molecule has 1 saturated carbocycles. The molecule has 1 N–H and O–H groups in total. The summed E-state index contributed by atoms with van der Waals surface area (Å²) in [4.78, 5) is 56.7. The van der Waals surface area contributed by atoms with Crippen molar-refractivity contribution in [1.82, 2.24) is 10.4 Å². The smallest absolute Gasteiger partial charge is 0.408 e. The molecule has 34 heavy (non-hydrogen) atoms. The molecule has 4 atom stereocenters. The number of alkyl carbamates (subject to hydrolysis) is 1. The number of carbonyl (C=O) groups excluding carboxylic acids is 4. The first-order valence-corrected chi connectivity index (χ1v) is 11.7. The molecular weight excluding hydrogens is 440 g/mol. The van der Waals surface area contributed by atoms with Crippen LogP contribution in [0.1, 0.15) is 65.4 Å². The van der Waals surface area contributed by atoms with Gasteiger partial charge in [0.05, 0.1) is 6.04 Å². The average molecular weight is 475 g/mol. The van der Waals surface area contributed by atoms with Gasteiger partial charge in [0, 0.05) is 6.42 Å². The fourth-order valence-electron chi connectivity index (χ4n) is 4.38. The van der Waals surface area contributed by atoms with Gasteiger partial charge in [-0.2, -0.15) is 0 Å². The molecule has 0 radical (unpaired) electrons. The summed E-state index contributed by atoms with van der Waals surface area (Å²) >= 11 is 0. The van der Waals surface area contributed by atoms with E-state index in [4.69, 9.17) is 14.3 Å². The molecule has 2 amide bonds. The molecule has 0 spiro atoms. The highest BCUT2D eigenvalue weighted by atomic mass is 16.7. The molecule has 1 aromatic carbocycles. The van der Waals surface area contributed by atoms with Crippen LogP contribution in [0, 0.1) is 5.92 Å². The van der Waals surface area contributed by atoms with Crippen LogP contribution >= 0.6 is 0 Å². The number of rotatable bonds is 8. The van der Waals surface area contributed by atoms with Crippen molar-refractivity contribution >= 4 is 23.8 Å². The molecule has 0 bridgehead atoms. The van der Waals surface area contributed by atoms with Gasteiger partial charge < -0.3 is 14.8 Å². The summed E-state index contributed by atoms with van der Waals surface area (Å²) in [5, 5.41) is 3.67. The zero-order chi connectivity index (χ0) is 24.9. The number of benzene rings is 1. The molecule has 1 aliphatic heterocycles. The predicted octanol–water partition coefficient (Wildman–Crippen LogP) is 3.30. The minimum absolute atomic E-state index is 0.0103. The Morgan fingerprint density at radius 3 is 2.44 bits per heavy atom.